The topological polar surface area (TPSA) is 76.7 Å². The molecule has 2 aromatic heterocycles. The van der Waals surface area contributed by atoms with Crippen LogP contribution in [0.15, 0.2) is 67.1 Å². The first-order chi connectivity index (χ1) is 13.2. The van der Waals surface area contributed by atoms with E-state index in [9.17, 15) is 0 Å². The van der Waals surface area contributed by atoms with Crippen molar-refractivity contribution in [2.75, 3.05) is 17.6 Å². The molecule has 0 aliphatic heterocycles. The highest BCUT2D eigenvalue weighted by Gasteiger charge is 2.07. The van der Waals surface area contributed by atoms with Gasteiger partial charge < -0.3 is 11.1 Å². The van der Waals surface area contributed by atoms with Crippen LogP contribution in [-0.4, -0.2) is 21.5 Å². The summed E-state index contributed by atoms with van der Waals surface area (Å²) >= 11 is 0. The summed E-state index contributed by atoms with van der Waals surface area (Å²) in [7, 11) is 0. The van der Waals surface area contributed by atoms with Gasteiger partial charge in [-0.05, 0) is 42.7 Å². The zero-order chi connectivity index (χ0) is 18.6. The van der Waals surface area contributed by atoms with E-state index in [2.05, 4.69) is 50.6 Å². The Kier molecular flexibility index (Phi) is 4.66. The molecular formula is C22H21N5. The highest BCUT2D eigenvalue weighted by molar-refractivity contribution is 5.92. The van der Waals surface area contributed by atoms with Crippen molar-refractivity contribution in [1.29, 1.82) is 0 Å². The number of aryl methyl sites for hydroxylation is 1. The number of fused-ring (bicyclic) bond motifs is 1. The predicted octanol–water partition coefficient (Wildman–Crippen LogP) is 4.24. The number of nitrogens with two attached hydrogens (primary N) is 1. The van der Waals surface area contributed by atoms with E-state index in [0.717, 1.165) is 46.5 Å². The van der Waals surface area contributed by atoms with Gasteiger partial charge in [0.25, 0.3) is 0 Å². The molecule has 0 bridgehead atoms. The van der Waals surface area contributed by atoms with Crippen LogP contribution < -0.4 is 11.1 Å². The number of pyridine rings is 1. The molecule has 134 valence electrons. The molecule has 0 atom stereocenters. The zero-order valence-electron chi connectivity index (χ0n) is 15.2. The van der Waals surface area contributed by atoms with Gasteiger partial charge in [0, 0.05) is 23.7 Å². The first-order valence-electron chi connectivity index (χ1n) is 8.96. The van der Waals surface area contributed by atoms with E-state index < -0.39 is 0 Å². The van der Waals surface area contributed by atoms with Crippen molar-refractivity contribution in [1.82, 2.24) is 15.0 Å². The van der Waals surface area contributed by atoms with E-state index in [-0.39, 0.29) is 0 Å². The van der Waals surface area contributed by atoms with E-state index in [0.29, 0.717) is 5.69 Å². The quantitative estimate of drug-likeness (QED) is 0.560. The van der Waals surface area contributed by atoms with E-state index >= 15 is 0 Å². The van der Waals surface area contributed by atoms with Gasteiger partial charge in [-0.25, -0.2) is 9.97 Å². The molecule has 0 unspecified atom stereocenters. The third-order valence-electron chi connectivity index (χ3n) is 4.64. The lowest BCUT2D eigenvalue weighted by Crippen LogP contribution is -2.07. The maximum Gasteiger partial charge on any atom is 0.137 e. The van der Waals surface area contributed by atoms with Crippen molar-refractivity contribution in [2.24, 2.45) is 0 Å². The van der Waals surface area contributed by atoms with Crippen molar-refractivity contribution in [3.05, 3.63) is 78.4 Å². The molecule has 0 saturated heterocycles. The van der Waals surface area contributed by atoms with E-state index in [4.69, 9.17) is 5.73 Å². The molecule has 0 amide bonds. The minimum Gasteiger partial charge on any atom is -0.397 e. The summed E-state index contributed by atoms with van der Waals surface area (Å²) in [6.07, 6.45) is 4.38. The summed E-state index contributed by atoms with van der Waals surface area (Å²) in [5.41, 5.74) is 11.8. The fraction of sp³-hybridized carbons (Fsp3) is 0.136. The molecule has 3 N–H and O–H groups in total. The minimum atomic E-state index is 0.693. The second kappa shape index (κ2) is 7.41. The summed E-state index contributed by atoms with van der Waals surface area (Å²) in [5, 5.41) is 4.43. The van der Waals surface area contributed by atoms with Crippen LogP contribution in [0.3, 0.4) is 0 Å². The Bertz CT molecular complexity index is 1080. The first-order valence-corrected chi connectivity index (χ1v) is 8.96. The minimum absolute atomic E-state index is 0.693. The summed E-state index contributed by atoms with van der Waals surface area (Å²) < 4.78 is 0. The van der Waals surface area contributed by atoms with Gasteiger partial charge in [0.1, 0.15) is 12.1 Å². The molecule has 4 rings (SSSR count). The molecule has 0 spiro atoms. The van der Waals surface area contributed by atoms with Gasteiger partial charge in [-0.3, -0.25) is 4.98 Å². The molecule has 0 saturated carbocycles. The third-order valence-corrected chi connectivity index (χ3v) is 4.64. The number of nitrogen functional groups attached to an aromatic ring is 1. The number of benzene rings is 2. The van der Waals surface area contributed by atoms with Gasteiger partial charge in [-0.15, -0.1) is 0 Å². The van der Waals surface area contributed by atoms with Crippen LogP contribution in [0, 0.1) is 6.92 Å². The molecular weight excluding hydrogens is 334 g/mol. The SMILES string of the molecule is Cc1ncc(-c2ccc3ncnc(NCCc4ccccc4)c3c2)cc1N. The lowest BCUT2D eigenvalue weighted by atomic mass is 10.0. The number of hydrogen-bond acceptors (Lipinski definition) is 5. The number of anilines is 2. The standard InChI is InChI=1S/C22H21N5/c1-15-20(23)12-18(13-25-15)17-7-8-21-19(11-17)22(27-14-26-21)24-10-9-16-5-3-2-4-6-16/h2-8,11-14H,9-10,23H2,1H3,(H,24,26,27). The largest absolute Gasteiger partial charge is 0.397 e. The second-order valence-corrected chi connectivity index (χ2v) is 6.52. The number of hydrogen-bond donors (Lipinski definition) is 2. The normalized spacial score (nSPS) is 10.9. The van der Waals surface area contributed by atoms with Gasteiger partial charge in [0.2, 0.25) is 0 Å². The first kappa shape index (κ1) is 17.0. The molecule has 0 aliphatic rings. The average Bonchev–Trinajstić information content (AvgIpc) is 2.71. The summed E-state index contributed by atoms with van der Waals surface area (Å²) in [5.74, 6) is 0.839. The van der Waals surface area contributed by atoms with Gasteiger partial charge >= 0.3 is 0 Å². The smallest absolute Gasteiger partial charge is 0.137 e. The van der Waals surface area contributed by atoms with Crippen LogP contribution in [0.5, 0.6) is 0 Å². The van der Waals surface area contributed by atoms with Crippen molar-refractivity contribution in [2.45, 2.75) is 13.3 Å². The fourth-order valence-corrected chi connectivity index (χ4v) is 3.05. The van der Waals surface area contributed by atoms with Crippen LogP contribution in [0.25, 0.3) is 22.0 Å². The zero-order valence-corrected chi connectivity index (χ0v) is 15.2. The van der Waals surface area contributed by atoms with Gasteiger partial charge in [-0.1, -0.05) is 36.4 Å². The Morgan fingerprint density at radius 3 is 2.59 bits per heavy atom. The lowest BCUT2D eigenvalue weighted by Gasteiger charge is -2.10. The van der Waals surface area contributed by atoms with Crippen LogP contribution in [0.4, 0.5) is 11.5 Å². The van der Waals surface area contributed by atoms with E-state index in [1.165, 1.54) is 5.56 Å². The van der Waals surface area contributed by atoms with Crippen LogP contribution in [-0.2, 0) is 6.42 Å². The Morgan fingerprint density at radius 1 is 0.926 bits per heavy atom. The van der Waals surface area contributed by atoms with Gasteiger partial charge in [0.15, 0.2) is 0 Å². The summed E-state index contributed by atoms with van der Waals surface area (Å²) in [4.78, 5) is 13.2. The van der Waals surface area contributed by atoms with Crippen LogP contribution >= 0.6 is 0 Å². The molecule has 4 aromatic rings. The van der Waals surface area contributed by atoms with Gasteiger partial charge in [-0.2, -0.15) is 0 Å². The molecule has 0 aliphatic carbocycles. The van der Waals surface area contributed by atoms with Crippen molar-refractivity contribution in [3.8, 4) is 11.1 Å². The second-order valence-electron chi connectivity index (χ2n) is 6.52. The van der Waals surface area contributed by atoms with Crippen LogP contribution in [0.2, 0.25) is 0 Å². The molecule has 5 nitrogen and oxygen atoms in total. The highest BCUT2D eigenvalue weighted by Crippen LogP contribution is 2.28. The Labute approximate surface area is 158 Å². The molecule has 2 heterocycles. The maximum absolute atomic E-state index is 6.02. The number of nitrogens with zero attached hydrogens (tertiary/aromatic N) is 3. The molecule has 0 radical (unpaired) electrons. The molecule has 0 fully saturated rings. The van der Waals surface area contributed by atoms with Crippen molar-refractivity contribution < 1.29 is 0 Å². The summed E-state index contributed by atoms with van der Waals surface area (Å²) in [6, 6.07) is 18.5. The maximum atomic E-state index is 6.02. The molecule has 27 heavy (non-hydrogen) atoms. The Hall–Kier alpha value is -3.47. The lowest BCUT2D eigenvalue weighted by molar-refractivity contribution is 1.01. The summed E-state index contributed by atoms with van der Waals surface area (Å²) in [6.45, 7) is 2.71. The van der Waals surface area contributed by atoms with Crippen LogP contribution in [0.1, 0.15) is 11.3 Å². The predicted molar refractivity (Wildman–Crippen MR) is 111 cm³/mol. The van der Waals surface area contributed by atoms with Crippen molar-refractivity contribution in [3.63, 3.8) is 0 Å². The fourth-order valence-electron chi connectivity index (χ4n) is 3.05. The Morgan fingerprint density at radius 2 is 1.78 bits per heavy atom. The number of rotatable bonds is 5. The van der Waals surface area contributed by atoms with Gasteiger partial charge in [0.05, 0.1) is 16.9 Å². The monoisotopic (exact) mass is 355 g/mol. The van der Waals surface area contributed by atoms with E-state index in [1.807, 2.05) is 37.4 Å². The number of nitrogens with one attached hydrogen (secondary N) is 1. The molecule has 2 aromatic carbocycles. The Balaban J connectivity index is 1.62. The van der Waals surface area contributed by atoms with Crippen molar-refractivity contribution >= 4 is 22.4 Å². The molecule has 5 heteroatoms. The third kappa shape index (κ3) is 3.72. The number of aromatic nitrogens is 3. The average molecular weight is 355 g/mol. The van der Waals surface area contributed by atoms with E-state index in [1.54, 1.807) is 6.33 Å². The highest BCUT2D eigenvalue weighted by atomic mass is 15.0.